The number of morpholine rings is 1. The van der Waals surface area contributed by atoms with Crippen LogP contribution in [-0.2, 0) is 16.0 Å². The number of halogens is 1. The number of nitrogens with one attached hydrogen (secondary N) is 1. The lowest BCUT2D eigenvalue weighted by Gasteiger charge is -2.29. The summed E-state index contributed by atoms with van der Waals surface area (Å²) in [7, 11) is 0. The van der Waals surface area contributed by atoms with E-state index < -0.39 is 6.17 Å². The first-order valence-electron chi connectivity index (χ1n) is 12.1. The molecular weight excluding hydrogens is 473 g/mol. The molecule has 2 aliphatic heterocycles. The van der Waals surface area contributed by atoms with Crippen molar-refractivity contribution in [1.29, 1.82) is 0 Å². The molecule has 0 aliphatic carbocycles. The second-order valence-electron chi connectivity index (χ2n) is 8.87. The maximum atomic E-state index is 14.9. The van der Waals surface area contributed by atoms with Gasteiger partial charge in [0.15, 0.2) is 11.9 Å². The van der Waals surface area contributed by atoms with E-state index in [9.17, 15) is 9.18 Å². The monoisotopic (exact) mass is 497 g/mol. The van der Waals surface area contributed by atoms with Gasteiger partial charge in [0.25, 0.3) is 0 Å². The fourth-order valence-corrected chi connectivity index (χ4v) is 4.62. The number of Topliss-reactive ketones (excluding diaryl/α,β-unsaturated/α-hetero) is 1. The third-order valence-corrected chi connectivity index (χ3v) is 6.48. The van der Waals surface area contributed by atoms with Gasteiger partial charge in [-0.3, -0.25) is 9.79 Å². The second kappa shape index (κ2) is 9.94. The molecule has 1 aromatic heterocycles. The molecule has 1 unspecified atom stereocenters. The number of aromatic nitrogens is 2. The molecule has 1 fully saturated rings. The number of anilines is 2. The first kappa shape index (κ1) is 23.1. The van der Waals surface area contributed by atoms with E-state index in [0.29, 0.717) is 43.3 Å². The maximum Gasteiger partial charge on any atom is 0.317 e. The summed E-state index contributed by atoms with van der Waals surface area (Å²) in [6.45, 7) is 2.41. The summed E-state index contributed by atoms with van der Waals surface area (Å²) < 4.78 is 26.0. The van der Waals surface area contributed by atoms with Gasteiger partial charge in [0.1, 0.15) is 5.82 Å². The van der Waals surface area contributed by atoms with Gasteiger partial charge in [0, 0.05) is 36.2 Å². The zero-order chi connectivity index (χ0) is 25.2. The predicted octanol–water partition coefficient (Wildman–Crippen LogP) is 4.11. The van der Waals surface area contributed by atoms with Crippen molar-refractivity contribution < 1.29 is 18.3 Å². The van der Waals surface area contributed by atoms with Crippen LogP contribution in [0, 0.1) is 5.82 Å². The largest absolute Gasteiger partial charge is 0.403 e. The van der Waals surface area contributed by atoms with E-state index >= 15 is 0 Å². The van der Waals surface area contributed by atoms with Crippen LogP contribution in [0.4, 0.5) is 16.1 Å². The Labute approximate surface area is 212 Å². The Morgan fingerprint density at radius 3 is 2.51 bits per heavy atom. The van der Waals surface area contributed by atoms with Crippen molar-refractivity contribution in [3.63, 3.8) is 0 Å². The Morgan fingerprint density at radius 2 is 1.70 bits per heavy atom. The number of benzene rings is 3. The van der Waals surface area contributed by atoms with Gasteiger partial charge in [-0.1, -0.05) is 59.7 Å². The van der Waals surface area contributed by atoms with Crippen LogP contribution in [0.2, 0.25) is 0 Å². The number of aliphatic imine (C=N–C) groups is 1. The van der Waals surface area contributed by atoms with Crippen LogP contribution >= 0.6 is 0 Å². The molecular formula is C28H24FN5O3. The van der Waals surface area contributed by atoms with Crippen LogP contribution in [0.15, 0.2) is 82.2 Å². The van der Waals surface area contributed by atoms with Gasteiger partial charge in [-0.15, -0.1) is 5.10 Å². The lowest BCUT2D eigenvalue weighted by atomic mass is 9.96. The highest BCUT2D eigenvalue weighted by atomic mass is 19.1. The Morgan fingerprint density at radius 1 is 0.919 bits per heavy atom. The van der Waals surface area contributed by atoms with E-state index in [1.54, 1.807) is 12.1 Å². The first-order valence-corrected chi connectivity index (χ1v) is 12.1. The van der Waals surface area contributed by atoms with Crippen molar-refractivity contribution in [2.24, 2.45) is 4.99 Å². The van der Waals surface area contributed by atoms with Crippen molar-refractivity contribution in [3.05, 3.63) is 95.3 Å². The van der Waals surface area contributed by atoms with E-state index in [2.05, 4.69) is 15.5 Å². The molecule has 186 valence electrons. The maximum absolute atomic E-state index is 14.9. The molecule has 1 saturated heterocycles. The van der Waals surface area contributed by atoms with E-state index in [-0.39, 0.29) is 29.9 Å². The van der Waals surface area contributed by atoms with Crippen LogP contribution in [-0.4, -0.2) is 54.2 Å². The predicted molar refractivity (Wildman–Crippen MR) is 137 cm³/mol. The molecule has 0 radical (unpaired) electrons. The zero-order valence-electron chi connectivity index (χ0n) is 19.9. The molecule has 37 heavy (non-hydrogen) atoms. The summed E-state index contributed by atoms with van der Waals surface area (Å²) in [6, 6.07) is 22.3. The minimum absolute atomic E-state index is 0.0353. The molecule has 8 nitrogen and oxygen atoms in total. The summed E-state index contributed by atoms with van der Waals surface area (Å²) in [6.07, 6.45) is -0.709. The van der Waals surface area contributed by atoms with Crippen molar-refractivity contribution in [3.8, 4) is 11.5 Å². The minimum atomic E-state index is -0.920. The third-order valence-electron chi connectivity index (χ3n) is 6.48. The number of carbonyl (C=O) groups excluding carboxylic acids is 1. The van der Waals surface area contributed by atoms with E-state index in [1.165, 1.54) is 6.07 Å². The van der Waals surface area contributed by atoms with Crippen molar-refractivity contribution >= 4 is 23.2 Å². The molecule has 0 bridgehead atoms. The van der Waals surface area contributed by atoms with Crippen LogP contribution in [0.1, 0.15) is 16.7 Å². The molecule has 6 rings (SSSR count). The van der Waals surface area contributed by atoms with Crippen LogP contribution in [0.5, 0.6) is 0 Å². The van der Waals surface area contributed by atoms with Gasteiger partial charge in [-0.2, -0.15) is 0 Å². The molecule has 0 spiro atoms. The minimum Gasteiger partial charge on any atom is -0.403 e. The summed E-state index contributed by atoms with van der Waals surface area (Å²) in [5, 5.41) is 11.1. The fraction of sp³-hybridized carbons (Fsp3) is 0.214. The van der Waals surface area contributed by atoms with Crippen LogP contribution in [0.3, 0.4) is 0 Å². The summed E-state index contributed by atoms with van der Waals surface area (Å²) in [5.74, 6) is -0.355. The number of hydrogen-bond acceptors (Lipinski definition) is 8. The molecule has 0 saturated carbocycles. The lowest BCUT2D eigenvalue weighted by Crippen LogP contribution is -2.36. The van der Waals surface area contributed by atoms with Gasteiger partial charge in [-0.25, -0.2) is 4.39 Å². The topological polar surface area (TPSA) is 92.9 Å². The van der Waals surface area contributed by atoms with Gasteiger partial charge in [-0.05, 0) is 23.8 Å². The van der Waals surface area contributed by atoms with Crippen molar-refractivity contribution in [1.82, 2.24) is 10.2 Å². The van der Waals surface area contributed by atoms with Gasteiger partial charge < -0.3 is 19.4 Å². The highest BCUT2D eigenvalue weighted by molar-refractivity contribution is 6.16. The van der Waals surface area contributed by atoms with E-state index in [4.69, 9.17) is 14.1 Å². The van der Waals surface area contributed by atoms with Crippen molar-refractivity contribution in [2.75, 3.05) is 36.5 Å². The van der Waals surface area contributed by atoms with Gasteiger partial charge >= 0.3 is 6.01 Å². The Hall–Kier alpha value is -4.37. The van der Waals surface area contributed by atoms with Crippen LogP contribution < -0.4 is 10.2 Å². The molecule has 3 heterocycles. The number of nitrogens with zero attached hydrogens (tertiary/aromatic N) is 4. The lowest BCUT2D eigenvalue weighted by molar-refractivity contribution is -0.119. The van der Waals surface area contributed by atoms with E-state index in [0.717, 1.165) is 16.7 Å². The number of fused-ring (bicyclic) bond motifs is 1. The molecule has 3 aromatic carbocycles. The number of carbonyl (C=O) groups is 1. The smallest absolute Gasteiger partial charge is 0.317 e. The molecule has 1 N–H and O–H groups in total. The number of ether oxygens (including phenoxy) is 1. The zero-order valence-corrected chi connectivity index (χ0v) is 19.9. The number of rotatable bonds is 5. The normalized spacial score (nSPS) is 17.6. The average molecular weight is 498 g/mol. The van der Waals surface area contributed by atoms with Gasteiger partial charge in [0.05, 0.1) is 24.6 Å². The molecule has 4 aromatic rings. The SMILES string of the molecule is O=C1Cc2ccccc2C(c2ccccc2)=NC1Nc1nnc(-c2ccc(N3CCOCC3)c(F)c2)o1. The van der Waals surface area contributed by atoms with E-state index in [1.807, 2.05) is 59.5 Å². The van der Waals surface area contributed by atoms with Gasteiger partial charge in [0.2, 0.25) is 5.89 Å². The molecule has 9 heteroatoms. The average Bonchev–Trinajstić information content (AvgIpc) is 3.35. The number of hydrogen-bond donors (Lipinski definition) is 1. The quantitative estimate of drug-likeness (QED) is 0.444. The summed E-state index contributed by atoms with van der Waals surface area (Å²) >= 11 is 0. The summed E-state index contributed by atoms with van der Waals surface area (Å²) in [5.41, 5.74) is 4.38. The Kier molecular flexibility index (Phi) is 6.20. The summed E-state index contributed by atoms with van der Waals surface area (Å²) in [4.78, 5) is 19.9. The van der Waals surface area contributed by atoms with Crippen LogP contribution in [0.25, 0.3) is 11.5 Å². The standard InChI is InChI=1S/C28H24FN5O3/c29-22-16-20(10-11-23(22)34-12-14-36-15-13-34)27-32-33-28(37-27)31-26-24(35)17-19-8-4-5-9-21(19)25(30-26)18-6-2-1-3-7-18/h1-11,16,26H,12-15,17H2,(H,31,33). The molecule has 0 amide bonds. The molecule has 2 aliphatic rings. The molecule has 1 atom stereocenters. The Bertz CT molecular complexity index is 1460. The fourth-order valence-electron chi connectivity index (χ4n) is 4.62. The number of ketones is 1. The second-order valence-corrected chi connectivity index (χ2v) is 8.87. The first-order chi connectivity index (χ1) is 18.2. The Balaban J connectivity index is 1.27. The van der Waals surface area contributed by atoms with Crippen molar-refractivity contribution in [2.45, 2.75) is 12.6 Å². The third kappa shape index (κ3) is 4.73. The highest BCUT2D eigenvalue weighted by Crippen LogP contribution is 2.28. The highest BCUT2D eigenvalue weighted by Gasteiger charge is 2.27.